The van der Waals surface area contributed by atoms with Gasteiger partial charge >= 0.3 is 0 Å². The van der Waals surface area contributed by atoms with Gasteiger partial charge in [-0.2, -0.15) is 0 Å². The van der Waals surface area contributed by atoms with Crippen molar-refractivity contribution < 1.29 is 13.5 Å². The van der Waals surface area contributed by atoms with E-state index in [9.17, 15) is 8.78 Å². The smallest absolute Gasteiger partial charge is 0.143 e. The van der Waals surface area contributed by atoms with Gasteiger partial charge in [-0.15, -0.1) is 0 Å². The predicted octanol–water partition coefficient (Wildman–Crippen LogP) is 3.06. The average Bonchev–Trinajstić information content (AvgIpc) is 2.47. The van der Waals surface area contributed by atoms with E-state index in [-0.39, 0.29) is 28.6 Å². The van der Waals surface area contributed by atoms with E-state index in [1.807, 2.05) is 0 Å². The topological polar surface area (TPSA) is 47.3 Å². The first-order chi connectivity index (χ1) is 9.61. The highest BCUT2D eigenvalue weighted by Gasteiger charge is 2.22. The molecule has 2 unspecified atom stereocenters. The number of hydrazine groups is 1. The number of nitrogens with one attached hydrogen (secondary N) is 1. The minimum Gasteiger partial charge on any atom is -0.378 e. The molecule has 1 heterocycles. The van der Waals surface area contributed by atoms with Crippen LogP contribution in [0.5, 0.6) is 0 Å². The third-order valence-corrected chi connectivity index (χ3v) is 4.26. The summed E-state index contributed by atoms with van der Waals surface area (Å²) in [5, 5.41) is 0. The lowest BCUT2D eigenvalue weighted by Gasteiger charge is -2.27. The molecule has 0 aliphatic carbocycles. The molecule has 1 aliphatic heterocycles. The van der Waals surface area contributed by atoms with Crippen molar-refractivity contribution in [3.8, 4) is 0 Å². The van der Waals surface area contributed by atoms with E-state index in [1.54, 1.807) is 0 Å². The summed E-state index contributed by atoms with van der Waals surface area (Å²) in [6, 6.07) is 2.41. The average molecular weight is 349 g/mol. The van der Waals surface area contributed by atoms with Crippen LogP contribution in [0.2, 0.25) is 0 Å². The summed E-state index contributed by atoms with van der Waals surface area (Å²) in [6.07, 6.45) is 4.15. The van der Waals surface area contributed by atoms with Crippen LogP contribution in [0.4, 0.5) is 8.78 Å². The molecule has 6 heteroatoms. The van der Waals surface area contributed by atoms with E-state index in [1.165, 1.54) is 12.1 Å². The van der Waals surface area contributed by atoms with Gasteiger partial charge in [-0.1, -0.05) is 0 Å². The van der Waals surface area contributed by atoms with Crippen LogP contribution in [-0.2, 0) is 11.2 Å². The van der Waals surface area contributed by atoms with E-state index >= 15 is 0 Å². The van der Waals surface area contributed by atoms with Gasteiger partial charge in [0.15, 0.2) is 0 Å². The fraction of sp³-hybridized carbons (Fsp3) is 0.571. The number of hydrogen-bond acceptors (Lipinski definition) is 3. The molecule has 1 aliphatic rings. The van der Waals surface area contributed by atoms with Crippen molar-refractivity contribution in [2.24, 2.45) is 5.84 Å². The number of halogens is 3. The van der Waals surface area contributed by atoms with Gasteiger partial charge in [-0.05, 0) is 60.2 Å². The zero-order valence-corrected chi connectivity index (χ0v) is 12.8. The molecule has 3 N–H and O–H groups in total. The van der Waals surface area contributed by atoms with Crippen molar-refractivity contribution in [1.29, 1.82) is 0 Å². The Bertz CT molecular complexity index is 453. The van der Waals surface area contributed by atoms with Crippen LogP contribution < -0.4 is 11.3 Å². The molecule has 0 aromatic heterocycles. The Morgan fingerprint density at radius 3 is 2.85 bits per heavy atom. The maximum atomic E-state index is 14.0. The van der Waals surface area contributed by atoms with Crippen molar-refractivity contribution in [3.05, 3.63) is 33.8 Å². The summed E-state index contributed by atoms with van der Waals surface area (Å²) in [4.78, 5) is 0. The molecule has 20 heavy (non-hydrogen) atoms. The second kappa shape index (κ2) is 7.45. The lowest BCUT2D eigenvalue weighted by molar-refractivity contribution is 0.00514. The van der Waals surface area contributed by atoms with Crippen molar-refractivity contribution in [2.75, 3.05) is 6.61 Å². The molecule has 0 amide bonds. The number of nitrogens with two attached hydrogens (primary N) is 1. The molecule has 112 valence electrons. The molecule has 0 bridgehead atoms. The third kappa shape index (κ3) is 3.97. The van der Waals surface area contributed by atoms with Gasteiger partial charge < -0.3 is 4.74 Å². The highest BCUT2D eigenvalue weighted by Crippen LogP contribution is 2.24. The Morgan fingerprint density at radius 1 is 1.40 bits per heavy atom. The molecule has 2 atom stereocenters. The first-order valence-electron chi connectivity index (χ1n) is 6.82. The quantitative estimate of drug-likeness (QED) is 0.488. The van der Waals surface area contributed by atoms with Crippen molar-refractivity contribution in [1.82, 2.24) is 5.43 Å². The predicted molar refractivity (Wildman–Crippen MR) is 77.1 cm³/mol. The van der Waals surface area contributed by atoms with Crippen LogP contribution in [0, 0.1) is 11.6 Å². The molecule has 0 spiro atoms. The van der Waals surface area contributed by atoms with E-state index in [0.29, 0.717) is 6.42 Å². The van der Waals surface area contributed by atoms with Gasteiger partial charge in [0.2, 0.25) is 0 Å². The molecule has 0 radical (unpaired) electrons. The van der Waals surface area contributed by atoms with E-state index in [2.05, 4.69) is 21.4 Å². The Labute approximate surface area is 126 Å². The summed E-state index contributed by atoms with van der Waals surface area (Å²) in [7, 11) is 0. The summed E-state index contributed by atoms with van der Waals surface area (Å²) in [5.41, 5.74) is 2.70. The highest BCUT2D eigenvalue weighted by atomic mass is 79.9. The van der Waals surface area contributed by atoms with Gasteiger partial charge in [-0.25, -0.2) is 8.78 Å². The summed E-state index contributed by atoms with van der Waals surface area (Å²) in [6.45, 7) is 0.752. The van der Waals surface area contributed by atoms with E-state index in [0.717, 1.165) is 25.9 Å². The number of benzene rings is 1. The molecule has 1 aromatic rings. The SMILES string of the molecule is NNC(Cc1c(F)ccc(Br)c1F)CC1CCCCO1. The minimum atomic E-state index is -0.560. The van der Waals surface area contributed by atoms with Crippen LogP contribution in [0.25, 0.3) is 0 Å². The van der Waals surface area contributed by atoms with Gasteiger partial charge in [0.1, 0.15) is 11.6 Å². The Hall–Kier alpha value is -0.560. The zero-order valence-electron chi connectivity index (χ0n) is 11.2. The lowest BCUT2D eigenvalue weighted by atomic mass is 9.97. The van der Waals surface area contributed by atoms with Crippen LogP contribution in [0.15, 0.2) is 16.6 Å². The van der Waals surface area contributed by atoms with E-state index in [4.69, 9.17) is 10.6 Å². The summed E-state index contributed by atoms with van der Waals surface area (Å²) in [5.74, 6) is 4.41. The standard InChI is InChI=1S/C14H19BrF2N2O/c15-12-4-5-13(16)11(14(12)17)8-9(19-18)7-10-3-1-2-6-20-10/h4-5,9-10,19H,1-3,6-8,18H2. The van der Waals surface area contributed by atoms with Gasteiger partial charge in [-0.3, -0.25) is 11.3 Å². The largest absolute Gasteiger partial charge is 0.378 e. The Kier molecular flexibility index (Phi) is 5.89. The Morgan fingerprint density at radius 2 is 2.20 bits per heavy atom. The van der Waals surface area contributed by atoms with Crippen LogP contribution >= 0.6 is 15.9 Å². The normalized spacial score (nSPS) is 20.9. The fourth-order valence-electron chi connectivity index (χ4n) is 2.52. The van der Waals surface area contributed by atoms with Crippen LogP contribution in [0.3, 0.4) is 0 Å². The van der Waals surface area contributed by atoms with Crippen molar-refractivity contribution in [2.45, 2.75) is 44.2 Å². The maximum absolute atomic E-state index is 14.0. The van der Waals surface area contributed by atoms with Crippen molar-refractivity contribution in [3.63, 3.8) is 0 Å². The Balaban J connectivity index is 2.04. The fourth-order valence-corrected chi connectivity index (χ4v) is 2.89. The van der Waals surface area contributed by atoms with Gasteiger partial charge in [0.25, 0.3) is 0 Å². The number of rotatable bonds is 5. The van der Waals surface area contributed by atoms with Gasteiger partial charge in [0.05, 0.1) is 10.6 Å². The second-order valence-electron chi connectivity index (χ2n) is 5.11. The molecule has 3 nitrogen and oxygen atoms in total. The zero-order chi connectivity index (χ0) is 14.5. The summed E-state index contributed by atoms with van der Waals surface area (Å²) < 4.78 is 33.6. The van der Waals surface area contributed by atoms with E-state index < -0.39 is 11.6 Å². The first-order valence-corrected chi connectivity index (χ1v) is 7.61. The molecule has 1 saturated heterocycles. The third-order valence-electron chi connectivity index (χ3n) is 3.65. The highest BCUT2D eigenvalue weighted by molar-refractivity contribution is 9.10. The number of hydrogen-bond donors (Lipinski definition) is 2. The molecular formula is C14H19BrF2N2O. The van der Waals surface area contributed by atoms with Gasteiger partial charge in [0, 0.05) is 18.2 Å². The maximum Gasteiger partial charge on any atom is 0.143 e. The lowest BCUT2D eigenvalue weighted by Crippen LogP contribution is -2.40. The summed E-state index contributed by atoms with van der Waals surface area (Å²) >= 11 is 3.07. The molecule has 2 rings (SSSR count). The first kappa shape index (κ1) is 15.8. The van der Waals surface area contributed by atoms with Crippen LogP contribution in [-0.4, -0.2) is 18.8 Å². The second-order valence-corrected chi connectivity index (χ2v) is 5.97. The minimum absolute atomic E-state index is 0.0538. The molecule has 1 aromatic carbocycles. The van der Waals surface area contributed by atoms with Crippen molar-refractivity contribution >= 4 is 15.9 Å². The molecular weight excluding hydrogens is 330 g/mol. The monoisotopic (exact) mass is 348 g/mol. The molecule has 1 fully saturated rings. The molecule has 0 saturated carbocycles. The number of ether oxygens (including phenoxy) is 1. The van der Waals surface area contributed by atoms with Crippen LogP contribution in [0.1, 0.15) is 31.2 Å².